The lowest BCUT2D eigenvalue weighted by Crippen LogP contribution is -2.42. The van der Waals surface area contributed by atoms with Crippen molar-refractivity contribution in [3.63, 3.8) is 0 Å². The number of nitrogens with one attached hydrogen (secondary N) is 1. The Bertz CT molecular complexity index is 1120. The molecule has 1 atom stereocenters. The summed E-state index contributed by atoms with van der Waals surface area (Å²) >= 11 is 0. The number of hydrogen-bond acceptors (Lipinski definition) is 5. The zero-order chi connectivity index (χ0) is 22.9. The molecule has 1 amide bonds. The molecule has 1 N–H and O–H groups in total. The molecule has 4 rings (SSSR count). The summed E-state index contributed by atoms with van der Waals surface area (Å²) in [6, 6.07) is 9.93. The van der Waals surface area contributed by atoms with Crippen molar-refractivity contribution in [2.24, 2.45) is 0 Å². The molecule has 3 aromatic rings. The first-order valence-corrected chi connectivity index (χ1v) is 11.0. The highest BCUT2D eigenvalue weighted by Crippen LogP contribution is 2.36. The van der Waals surface area contributed by atoms with Gasteiger partial charge in [-0.2, -0.15) is 0 Å². The molecule has 0 radical (unpaired) electrons. The highest BCUT2D eigenvalue weighted by Gasteiger charge is 2.31. The van der Waals surface area contributed by atoms with Crippen LogP contribution in [-0.4, -0.2) is 46.8 Å². The number of benzene rings is 1. The van der Waals surface area contributed by atoms with Crippen LogP contribution in [0.15, 0.2) is 36.5 Å². The Labute approximate surface area is 188 Å². The molecule has 7 heteroatoms. The minimum atomic E-state index is -0.520. The first-order valence-electron chi connectivity index (χ1n) is 11.0. The van der Waals surface area contributed by atoms with Crippen LogP contribution in [0.3, 0.4) is 0 Å². The van der Waals surface area contributed by atoms with Crippen molar-refractivity contribution in [2.75, 3.05) is 20.3 Å². The fourth-order valence-corrected chi connectivity index (χ4v) is 4.05. The van der Waals surface area contributed by atoms with E-state index in [0.717, 1.165) is 46.6 Å². The predicted octanol–water partition coefficient (Wildman–Crippen LogP) is 5.40. The number of hydrogen-bond donors (Lipinski definition) is 1. The number of ether oxygens (including phenoxy) is 3. The van der Waals surface area contributed by atoms with E-state index in [0.29, 0.717) is 13.2 Å². The van der Waals surface area contributed by atoms with Crippen LogP contribution in [0.25, 0.3) is 11.0 Å². The van der Waals surface area contributed by atoms with Gasteiger partial charge in [-0.1, -0.05) is 6.07 Å². The van der Waals surface area contributed by atoms with Crippen molar-refractivity contribution >= 4 is 17.1 Å². The zero-order valence-electron chi connectivity index (χ0n) is 19.4. The number of aromatic amines is 1. The monoisotopic (exact) mass is 437 g/mol. The van der Waals surface area contributed by atoms with E-state index in [9.17, 15) is 4.79 Å². The molecular weight excluding hydrogens is 406 g/mol. The summed E-state index contributed by atoms with van der Waals surface area (Å²) in [6.07, 6.45) is 3.02. The molecule has 1 aliphatic heterocycles. The first-order chi connectivity index (χ1) is 15.2. The van der Waals surface area contributed by atoms with Gasteiger partial charge in [0.1, 0.15) is 22.7 Å². The fourth-order valence-electron chi connectivity index (χ4n) is 4.05. The molecule has 0 saturated heterocycles. The average Bonchev–Trinajstić information content (AvgIpc) is 3.15. The van der Waals surface area contributed by atoms with Crippen LogP contribution in [0.1, 0.15) is 50.6 Å². The summed E-state index contributed by atoms with van der Waals surface area (Å²) in [6.45, 7) is 8.97. The van der Waals surface area contributed by atoms with Crippen LogP contribution in [-0.2, 0) is 22.3 Å². The third kappa shape index (κ3) is 4.72. The van der Waals surface area contributed by atoms with E-state index < -0.39 is 5.60 Å². The number of carbonyl (C=O) groups is 1. The quantitative estimate of drug-likeness (QED) is 0.578. The van der Waals surface area contributed by atoms with Gasteiger partial charge in [0.2, 0.25) is 0 Å². The molecule has 0 unspecified atom stereocenters. The van der Waals surface area contributed by atoms with Crippen molar-refractivity contribution in [1.82, 2.24) is 14.9 Å². The topological polar surface area (TPSA) is 76.7 Å². The van der Waals surface area contributed by atoms with E-state index in [2.05, 4.69) is 22.1 Å². The number of nitrogens with zero attached hydrogens (tertiary/aromatic N) is 2. The van der Waals surface area contributed by atoms with Crippen LogP contribution in [0.5, 0.6) is 11.5 Å². The number of methoxy groups -OCH3 is 1. The largest absolute Gasteiger partial charge is 0.457 e. The van der Waals surface area contributed by atoms with E-state index in [4.69, 9.17) is 14.2 Å². The Balaban J connectivity index is 1.57. The minimum Gasteiger partial charge on any atom is -0.457 e. The number of aromatic nitrogens is 2. The summed E-state index contributed by atoms with van der Waals surface area (Å²) in [5.74, 6) is 1.47. The van der Waals surface area contributed by atoms with Crippen LogP contribution in [0, 0.1) is 0 Å². The van der Waals surface area contributed by atoms with Crippen molar-refractivity contribution in [2.45, 2.75) is 52.2 Å². The SMILES string of the molecule is COCCc1cc2c(Oc3ccc4c(c3)[C@H](C)N(C(=O)OC(C)(C)C)CC4)ccnc2[nH]1. The molecule has 170 valence electrons. The van der Waals surface area contributed by atoms with Crippen LogP contribution in [0.2, 0.25) is 0 Å². The number of amides is 1. The maximum Gasteiger partial charge on any atom is 0.410 e. The molecule has 1 aromatic carbocycles. The Morgan fingerprint density at radius 1 is 1.25 bits per heavy atom. The van der Waals surface area contributed by atoms with Gasteiger partial charge in [-0.15, -0.1) is 0 Å². The van der Waals surface area contributed by atoms with E-state index in [1.54, 1.807) is 18.2 Å². The minimum absolute atomic E-state index is 0.0949. The summed E-state index contributed by atoms with van der Waals surface area (Å²) < 4.78 is 17.1. The molecule has 0 aliphatic carbocycles. The molecule has 7 nitrogen and oxygen atoms in total. The third-order valence-electron chi connectivity index (χ3n) is 5.64. The average molecular weight is 438 g/mol. The lowest BCUT2D eigenvalue weighted by Gasteiger charge is -2.36. The number of pyridine rings is 1. The summed E-state index contributed by atoms with van der Waals surface area (Å²) in [7, 11) is 1.69. The second-order valence-electron chi connectivity index (χ2n) is 9.17. The van der Waals surface area contributed by atoms with E-state index in [-0.39, 0.29) is 12.1 Å². The van der Waals surface area contributed by atoms with Gasteiger partial charge in [0.05, 0.1) is 18.0 Å². The molecular formula is C25H31N3O4. The van der Waals surface area contributed by atoms with Crippen LogP contribution in [0.4, 0.5) is 4.79 Å². The van der Waals surface area contributed by atoms with Crippen LogP contribution >= 0.6 is 0 Å². The van der Waals surface area contributed by atoms with Gasteiger partial charge in [-0.05, 0) is 69.5 Å². The molecule has 0 bridgehead atoms. The maximum atomic E-state index is 12.7. The molecule has 0 spiro atoms. The van der Waals surface area contributed by atoms with Gasteiger partial charge in [0.15, 0.2) is 0 Å². The highest BCUT2D eigenvalue weighted by atomic mass is 16.6. The van der Waals surface area contributed by atoms with E-state index >= 15 is 0 Å². The smallest absolute Gasteiger partial charge is 0.410 e. The molecule has 3 heterocycles. The first kappa shape index (κ1) is 22.1. The normalized spacial score (nSPS) is 16.2. The second kappa shape index (κ2) is 8.82. The maximum absolute atomic E-state index is 12.7. The van der Waals surface area contributed by atoms with Gasteiger partial charge in [0.25, 0.3) is 0 Å². The van der Waals surface area contributed by atoms with E-state index in [1.807, 2.05) is 45.9 Å². The van der Waals surface area contributed by atoms with Crippen molar-refractivity contribution in [3.05, 3.63) is 53.3 Å². The Morgan fingerprint density at radius 3 is 2.81 bits per heavy atom. The highest BCUT2D eigenvalue weighted by molar-refractivity contribution is 5.83. The lowest BCUT2D eigenvalue weighted by atomic mass is 9.93. The van der Waals surface area contributed by atoms with Gasteiger partial charge >= 0.3 is 6.09 Å². The van der Waals surface area contributed by atoms with Gasteiger partial charge in [0, 0.05) is 32.0 Å². The van der Waals surface area contributed by atoms with Gasteiger partial charge in [-0.25, -0.2) is 9.78 Å². The number of H-pyrrole nitrogens is 1. The van der Waals surface area contributed by atoms with Gasteiger partial charge in [-0.3, -0.25) is 0 Å². The summed E-state index contributed by atoms with van der Waals surface area (Å²) in [4.78, 5) is 22.2. The molecule has 32 heavy (non-hydrogen) atoms. The van der Waals surface area contributed by atoms with Crippen molar-refractivity contribution in [3.8, 4) is 11.5 Å². The van der Waals surface area contributed by atoms with Gasteiger partial charge < -0.3 is 24.1 Å². The van der Waals surface area contributed by atoms with Crippen molar-refractivity contribution in [1.29, 1.82) is 0 Å². The summed E-state index contributed by atoms with van der Waals surface area (Å²) in [5.41, 5.74) is 3.63. The fraction of sp³-hybridized carbons (Fsp3) is 0.440. The number of carbonyl (C=O) groups excluding carboxylic acids is 1. The third-order valence-corrected chi connectivity index (χ3v) is 5.64. The predicted molar refractivity (Wildman–Crippen MR) is 123 cm³/mol. The lowest BCUT2D eigenvalue weighted by molar-refractivity contribution is 0.0159. The number of fused-ring (bicyclic) bond motifs is 2. The standard InChI is InChI=1S/C25H31N3O4/c1-16-20-15-19(7-6-17(20)9-12-28(16)24(29)32-25(2,3)4)31-22-8-11-26-23-21(22)14-18(27-23)10-13-30-5/h6-8,11,14-16H,9-10,12-13H2,1-5H3,(H,26,27)/t16-/m0/s1. The van der Waals surface area contributed by atoms with Crippen LogP contribution < -0.4 is 4.74 Å². The van der Waals surface area contributed by atoms with E-state index in [1.165, 1.54) is 5.56 Å². The molecule has 2 aromatic heterocycles. The Morgan fingerprint density at radius 2 is 2.06 bits per heavy atom. The molecule has 0 saturated carbocycles. The molecule has 0 fully saturated rings. The summed E-state index contributed by atoms with van der Waals surface area (Å²) in [5, 5.41) is 0.930. The Kier molecular flexibility index (Phi) is 6.11. The van der Waals surface area contributed by atoms with Crippen molar-refractivity contribution < 1.29 is 19.0 Å². The second-order valence-corrected chi connectivity index (χ2v) is 9.17. The zero-order valence-corrected chi connectivity index (χ0v) is 19.4. The molecule has 1 aliphatic rings. The Hall–Kier alpha value is -3.06. The number of rotatable bonds is 5.